The topological polar surface area (TPSA) is 65.1 Å². The Morgan fingerprint density at radius 3 is 2.77 bits per heavy atom. The molecule has 3 rings (SSSR count). The molecule has 0 atom stereocenters. The summed E-state index contributed by atoms with van der Waals surface area (Å²) in [6, 6.07) is 13.2. The highest BCUT2D eigenvalue weighted by atomic mass is 16.5. The van der Waals surface area contributed by atoms with Crippen LogP contribution in [0.15, 0.2) is 48.5 Å². The van der Waals surface area contributed by atoms with Crippen molar-refractivity contribution in [2.24, 2.45) is 0 Å². The van der Waals surface area contributed by atoms with Gasteiger partial charge < -0.3 is 19.1 Å². The van der Waals surface area contributed by atoms with Gasteiger partial charge in [0.15, 0.2) is 18.1 Å². The number of ether oxygens (including phenoxy) is 3. The predicted molar refractivity (Wildman–Crippen MR) is 116 cm³/mol. The van der Waals surface area contributed by atoms with Gasteiger partial charge in [0.25, 0.3) is 5.91 Å². The molecule has 2 aromatic rings. The molecule has 0 fully saturated rings. The van der Waals surface area contributed by atoms with Gasteiger partial charge in [0.05, 0.1) is 13.7 Å². The molecule has 0 N–H and O–H groups in total. The van der Waals surface area contributed by atoms with Gasteiger partial charge in [-0.2, -0.15) is 0 Å². The van der Waals surface area contributed by atoms with Crippen LogP contribution in [-0.2, 0) is 20.7 Å². The molecule has 0 aromatic heterocycles. The SMILES string of the molecule is CCCOc1ccc(/C=C/C(=O)OCC(=O)N2CCCc3ccccc32)cc1OC. The number of aryl methyl sites for hydroxylation is 1. The van der Waals surface area contributed by atoms with E-state index in [1.54, 1.807) is 30.2 Å². The highest BCUT2D eigenvalue weighted by Crippen LogP contribution is 2.29. The number of amides is 1. The van der Waals surface area contributed by atoms with Gasteiger partial charge in [-0.3, -0.25) is 4.79 Å². The quantitative estimate of drug-likeness (QED) is 0.487. The molecule has 0 radical (unpaired) electrons. The van der Waals surface area contributed by atoms with Crippen molar-refractivity contribution in [1.82, 2.24) is 0 Å². The Balaban J connectivity index is 1.56. The summed E-state index contributed by atoms with van der Waals surface area (Å²) in [5.74, 6) is 0.464. The second-order valence-corrected chi connectivity index (χ2v) is 6.98. The fourth-order valence-electron chi connectivity index (χ4n) is 3.33. The van der Waals surface area contributed by atoms with Gasteiger partial charge in [-0.1, -0.05) is 31.2 Å². The van der Waals surface area contributed by atoms with Crippen LogP contribution >= 0.6 is 0 Å². The zero-order valence-electron chi connectivity index (χ0n) is 17.4. The molecule has 0 saturated carbocycles. The van der Waals surface area contributed by atoms with Gasteiger partial charge in [-0.05, 0) is 54.7 Å². The number of carbonyl (C=O) groups excluding carboxylic acids is 2. The minimum atomic E-state index is -0.570. The van der Waals surface area contributed by atoms with Crippen LogP contribution in [0.2, 0.25) is 0 Å². The second-order valence-electron chi connectivity index (χ2n) is 6.98. The Bertz CT molecular complexity index is 922. The molecule has 0 aliphatic carbocycles. The van der Waals surface area contributed by atoms with Crippen molar-refractivity contribution in [3.05, 3.63) is 59.7 Å². The van der Waals surface area contributed by atoms with Crippen molar-refractivity contribution < 1.29 is 23.8 Å². The molecule has 158 valence electrons. The van der Waals surface area contributed by atoms with E-state index < -0.39 is 5.97 Å². The molecular formula is C24H27NO5. The third-order valence-corrected chi connectivity index (χ3v) is 4.81. The molecule has 1 aliphatic rings. The van der Waals surface area contributed by atoms with Crippen LogP contribution in [0.25, 0.3) is 6.08 Å². The zero-order chi connectivity index (χ0) is 21.3. The van der Waals surface area contributed by atoms with E-state index in [2.05, 4.69) is 0 Å². The summed E-state index contributed by atoms with van der Waals surface area (Å²) in [6.45, 7) is 2.98. The summed E-state index contributed by atoms with van der Waals surface area (Å²) < 4.78 is 16.1. The lowest BCUT2D eigenvalue weighted by Crippen LogP contribution is -2.38. The summed E-state index contributed by atoms with van der Waals surface area (Å²) in [5, 5.41) is 0. The molecule has 0 saturated heterocycles. The number of carbonyl (C=O) groups is 2. The van der Waals surface area contributed by atoms with Gasteiger partial charge in [0.2, 0.25) is 0 Å². The largest absolute Gasteiger partial charge is 0.493 e. The lowest BCUT2D eigenvalue weighted by molar-refractivity contribution is -0.142. The maximum atomic E-state index is 12.5. The number of para-hydroxylation sites is 1. The van der Waals surface area contributed by atoms with Crippen molar-refractivity contribution in [3.8, 4) is 11.5 Å². The van der Waals surface area contributed by atoms with Crippen LogP contribution in [0.5, 0.6) is 11.5 Å². The Hall–Kier alpha value is -3.28. The highest BCUT2D eigenvalue weighted by molar-refractivity contribution is 5.97. The molecule has 1 amide bonds. The number of hydrogen-bond donors (Lipinski definition) is 0. The van der Waals surface area contributed by atoms with Crippen LogP contribution in [0.1, 0.15) is 30.9 Å². The van der Waals surface area contributed by atoms with Gasteiger partial charge in [-0.15, -0.1) is 0 Å². The van der Waals surface area contributed by atoms with E-state index in [9.17, 15) is 9.59 Å². The van der Waals surface area contributed by atoms with E-state index in [1.165, 1.54) is 6.08 Å². The Labute approximate surface area is 177 Å². The average molecular weight is 409 g/mol. The monoisotopic (exact) mass is 409 g/mol. The summed E-state index contributed by atoms with van der Waals surface area (Å²) in [6.07, 6.45) is 5.68. The number of rotatable bonds is 8. The number of anilines is 1. The van der Waals surface area contributed by atoms with Gasteiger partial charge in [0, 0.05) is 18.3 Å². The van der Waals surface area contributed by atoms with Gasteiger partial charge in [-0.25, -0.2) is 4.79 Å². The molecule has 2 aromatic carbocycles. The molecule has 6 nitrogen and oxygen atoms in total. The molecule has 1 heterocycles. The average Bonchev–Trinajstić information content (AvgIpc) is 2.79. The summed E-state index contributed by atoms with van der Waals surface area (Å²) >= 11 is 0. The first-order valence-corrected chi connectivity index (χ1v) is 10.2. The maximum Gasteiger partial charge on any atom is 0.331 e. The molecule has 0 unspecified atom stereocenters. The molecule has 0 spiro atoms. The summed E-state index contributed by atoms with van der Waals surface area (Å²) in [7, 11) is 1.57. The fourth-order valence-corrected chi connectivity index (χ4v) is 3.33. The minimum Gasteiger partial charge on any atom is -0.493 e. The second kappa shape index (κ2) is 10.5. The van der Waals surface area contributed by atoms with E-state index in [0.29, 0.717) is 24.7 Å². The molecule has 6 heteroatoms. The summed E-state index contributed by atoms with van der Waals surface area (Å²) in [5.41, 5.74) is 2.81. The van der Waals surface area contributed by atoms with Crippen LogP contribution < -0.4 is 14.4 Å². The van der Waals surface area contributed by atoms with Crippen LogP contribution in [0, 0.1) is 0 Å². The highest BCUT2D eigenvalue weighted by Gasteiger charge is 2.22. The smallest absolute Gasteiger partial charge is 0.331 e. The third kappa shape index (κ3) is 5.41. The number of methoxy groups -OCH3 is 1. The molecular weight excluding hydrogens is 382 g/mol. The third-order valence-electron chi connectivity index (χ3n) is 4.81. The maximum absolute atomic E-state index is 12.5. The number of esters is 1. The normalized spacial score (nSPS) is 13.1. The van der Waals surface area contributed by atoms with Crippen molar-refractivity contribution >= 4 is 23.6 Å². The van der Waals surface area contributed by atoms with Crippen molar-refractivity contribution in [2.75, 3.05) is 31.8 Å². The molecule has 0 bridgehead atoms. The van der Waals surface area contributed by atoms with Gasteiger partial charge in [0.1, 0.15) is 0 Å². The molecule has 30 heavy (non-hydrogen) atoms. The Morgan fingerprint density at radius 2 is 1.97 bits per heavy atom. The van der Waals surface area contributed by atoms with Crippen molar-refractivity contribution in [2.45, 2.75) is 26.2 Å². The first-order chi connectivity index (χ1) is 14.6. The van der Waals surface area contributed by atoms with Gasteiger partial charge >= 0.3 is 5.97 Å². The van der Waals surface area contributed by atoms with E-state index >= 15 is 0 Å². The number of hydrogen-bond acceptors (Lipinski definition) is 5. The first-order valence-electron chi connectivity index (χ1n) is 10.2. The van der Waals surface area contributed by atoms with Crippen LogP contribution in [0.3, 0.4) is 0 Å². The van der Waals surface area contributed by atoms with E-state index in [0.717, 1.165) is 36.1 Å². The predicted octanol–water partition coefficient (Wildman–Crippen LogP) is 4.02. The Morgan fingerprint density at radius 1 is 1.13 bits per heavy atom. The minimum absolute atomic E-state index is 0.219. The van der Waals surface area contributed by atoms with E-state index in [4.69, 9.17) is 14.2 Å². The van der Waals surface area contributed by atoms with Crippen molar-refractivity contribution in [3.63, 3.8) is 0 Å². The lowest BCUT2D eigenvalue weighted by Gasteiger charge is -2.29. The van der Waals surface area contributed by atoms with Crippen molar-refractivity contribution in [1.29, 1.82) is 0 Å². The zero-order valence-corrected chi connectivity index (χ0v) is 17.4. The number of nitrogens with zero attached hydrogens (tertiary/aromatic N) is 1. The summed E-state index contributed by atoms with van der Waals surface area (Å²) in [4.78, 5) is 26.3. The van der Waals surface area contributed by atoms with E-state index in [-0.39, 0.29) is 12.5 Å². The van der Waals surface area contributed by atoms with Crippen LogP contribution in [0.4, 0.5) is 5.69 Å². The standard InChI is InChI=1S/C24H27NO5/c1-3-15-29-21-12-10-18(16-22(21)28-2)11-13-24(27)30-17-23(26)25-14-6-8-19-7-4-5-9-20(19)25/h4-5,7,9-13,16H,3,6,8,14-15,17H2,1-2H3/b13-11+. The Kier molecular flexibility index (Phi) is 7.49. The number of fused-ring (bicyclic) bond motifs is 1. The number of benzene rings is 2. The van der Waals surface area contributed by atoms with Crippen LogP contribution in [-0.4, -0.2) is 38.7 Å². The first kappa shape index (κ1) is 21.4. The van der Waals surface area contributed by atoms with E-state index in [1.807, 2.05) is 37.3 Å². The fraction of sp³-hybridized carbons (Fsp3) is 0.333. The lowest BCUT2D eigenvalue weighted by atomic mass is 10.0. The molecule has 1 aliphatic heterocycles.